The van der Waals surface area contributed by atoms with Crippen LogP contribution in [0, 0.1) is 34.6 Å². The van der Waals surface area contributed by atoms with Gasteiger partial charge < -0.3 is 4.57 Å². The highest BCUT2D eigenvalue weighted by atomic mass is 15.0. The fourth-order valence-electron chi connectivity index (χ4n) is 3.38. The molecule has 0 aliphatic heterocycles. The van der Waals surface area contributed by atoms with Gasteiger partial charge in [0.25, 0.3) is 0 Å². The second-order valence-electron chi connectivity index (χ2n) is 6.26. The third kappa shape index (κ3) is 2.37. The summed E-state index contributed by atoms with van der Waals surface area (Å²) >= 11 is 0. The molecule has 2 aromatic carbocycles. The van der Waals surface area contributed by atoms with E-state index in [1.54, 1.807) is 0 Å². The molecule has 0 bridgehead atoms. The lowest BCUT2D eigenvalue weighted by Crippen LogP contribution is -1.99. The van der Waals surface area contributed by atoms with Crippen LogP contribution in [0.25, 0.3) is 16.9 Å². The van der Waals surface area contributed by atoms with E-state index in [9.17, 15) is 0 Å². The molecule has 0 atom stereocenters. The number of aromatic nitrogens is 1. The first-order chi connectivity index (χ1) is 10.5. The average molecular weight is 289 g/mol. The highest BCUT2D eigenvalue weighted by Crippen LogP contribution is 2.35. The van der Waals surface area contributed by atoms with Crippen molar-refractivity contribution in [2.75, 3.05) is 0 Å². The van der Waals surface area contributed by atoms with E-state index in [4.69, 9.17) is 0 Å². The number of nitrogens with zero attached hydrogens (tertiary/aromatic N) is 1. The van der Waals surface area contributed by atoms with Gasteiger partial charge in [-0.1, -0.05) is 35.9 Å². The van der Waals surface area contributed by atoms with Crippen molar-refractivity contribution in [3.63, 3.8) is 0 Å². The molecule has 0 unspecified atom stereocenters. The molecule has 1 heterocycles. The van der Waals surface area contributed by atoms with Crippen molar-refractivity contribution in [2.24, 2.45) is 0 Å². The van der Waals surface area contributed by atoms with E-state index in [-0.39, 0.29) is 0 Å². The quantitative estimate of drug-likeness (QED) is 0.571. The SMILES string of the molecule is Cc1cc(C)c(-c2c(C)c(C)cn2-c2ccccc2)c(C)c1. The Morgan fingerprint density at radius 3 is 1.91 bits per heavy atom. The van der Waals surface area contributed by atoms with E-state index in [1.165, 1.54) is 44.8 Å². The molecule has 0 saturated heterocycles. The lowest BCUT2D eigenvalue weighted by molar-refractivity contribution is 1.07. The third-order valence-corrected chi connectivity index (χ3v) is 4.46. The smallest absolute Gasteiger partial charge is 0.0565 e. The molecule has 112 valence electrons. The van der Waals surface area contributed by atoms with E-state index >= 15 is 0 Å². The maximum absolute atomic E-state index is 2.33. The van der Waals surface area contributed by atoms with Crippen molar-refractivity contribution in [1.82, 2.24) is 4.57 Å². The minimum atomic E-state index is 1.22. The van der Waals surface area contributed by atoms with Gasteiger partial charge in [0.1, 0.15) is 0 Å². The van der Waals surface area contributed by atoms with Gasteiger partial charge in [-0.3, -0.25) is 0 Å². The molecule has 0 amide bonds. The zero-order chi connectivity index (χ0) is 15.9. The molecular weight excluding hydrogens is 266 g/mol. The summed E-state index contributed by atoms with van der Waals surface area (Å²) in [7, 11) is 0. The number of rotatable bonds is 2. The number of benzene rings is 2. The highest BCUT2D eigenvalue weighted by molar-refractivity contribution is 5.74. The van der Waals surface area contributed by atoms with Crippen molar-refractivity contribution in [2.45, 2.75) is 34.6 Å². The van der Waals surface area contributed by atoms with Gasteiger partial charge >= 0.3 is 0 Å². The first-order valence-electron chi connectivity index (χ1n) is 7.81. The van der Waals surface area contributed by atoms with Crippen LogP contribution < -0.4 is 0 Å². The van der Waals surface area contributed by atoms with Crippen LogP contribution in [0.5, 0.6) is 0 Å². The fraction of sp³-hybridized carbons (Fsp3) is 0.238. The highest BCUT2D eigenvalue weighted by Gasteiger charge is 2.17. The molecule has 3 aromatic rings. The molecule has 0 fully saturated rings. The van der Waals surface area contributed by atoms with Crippen LogP contribution in [-0.2, 0) is 0 Å². The van der Waals surface area contributed by atoms with E-state index in [0.29, 0.717) is 0 Å². The van der Waals surface area contributed by atoms with Crippen LogP contribution in [0.15, 0.2) is 48.7 Å². The summed E-state index contributed by atoms with van der Waals surface area (Å²) < 4.78 is 2.33. The standard InChI is InChI=1S/C21H23N/c1-14-11-15(2)20(16(3)12-14)21-18(5)17(4)13-22(21)19-9-7-6-8-10-19/h6-13H,1-5H3. The summed E-state index contributed by atoms with van der Waals surface area (Å²) in [4.78, 5) is 0. The van der Waals surface area contributed by atoms with Crippen LogP contribution in [-0.4, -0.2) is 4.57 Å². The molecule has 22 heavy (non-hydrogen) atoms. The largest absolute Gasteiger partial charge is 0.316 e. The first kappa shape index (κ1) is 14.6. The molecule has 1 aromatic heterocycles. The third-order valence-electron chi connectivity index (χ3n) is 4.46. The van der Waals surface area contributed by atoms with Crippen molar-refractivity contribution >= 4 is 0 Å². The van der Waals surface area contributed by atoms with Gasteiger partial charge in [0.05, 0.1) is 5.69 Å². The minimum Gasteiger partial charge on any atom is -0.316 e. The molecule has 0 aliphatic rings. The lowest BCUT2D eigenvalue weighted by atomic mass is 9.95. The van der Waals surface area contributed by atoms with Crippen molar-refractivity contribution in [3.8, 4) is 16.9 Å². The Kier molecular flexibility index (Phi) is 3.66. The molecule has 0 aliphatic carbocycles. The zero-order valence-corrected chi connectivity index (χ0v) is 14.1. The second-order valence-corrected chi connectivity index (χ2v) is 6.26. The van der Waals surface area contributed by atoms with E-state index in [1.807, 2.05) is 0 Å². The molecule has 0 radical (unpaired) electrons. The van der Waals surface area contributed by atoms with Crippen molar-refractivity contribution in [3.05, 3.63) is 76.5 Å². The van der Waals surface area contributed by atoms with Crippen LogP contribution in [0.2, 0.25) is 0 Å². The summed E-state index contributed by atoms with van der Waals surface area (Å²) in [6.07, 6.45) is 2.25. The van der Waals surface area contributed by atoms with Crippen LogP contribution >= 0.6 is 0 Å². The van der Waals surface area contributed by atoms with E-state index in [0.717, 1.165) is 0 Å². The monoisotopic (exact) mass is 289 g/mol. The zero-order valence-electron chi connectivity index (χ0n) is 14.1. The van der Waals surface area contributed by atoms with Gasteiger partial charge in [0, 0.05) is 17.4 Å². The number of hydrogen-bond donors (Lipinski definition) is 0. The van der Waals surface area contributed by atoms with E-state index < -0.39 is 0 Å². The number of para-hydroxylation sites is 1. The van der Waals surface area contributed by atoms with Gasteiger partial charge in [-0.05, 0) is 69.0 Å². The summed E-state index contributed by atoms with van der Waals surface area (Å²) in [6, 6.07) is 15.1. The van der Waals surface area contributed by atoms with Crippen molar-refractivity contribution in [1.29, 1.82) is 0 Å². The molecular formula is C21H23N. The molecule has 0 spiro atoms. The molecule has 1 heteroatoms. The normalized spacial score (nSPS) is 11.0. The number of aryl methyl sites for hydroxylation is 4. The Balaban J connectivity index is 2.33. The maximum atomic E-state index is 2.33. The fourth-order valence-corrected chi connectivity index (χ4v) is 3.38. The van der Waals surface area contributed by atoms with Crippen LogP contribution in [0.4, 0.5) is 0 Å². The van der Waals surface area contributed by atoms with Gasteiger partial charge in [-0.15, -0.1) is 0 Å². The van der Waals surface area contributed by atoms with Crippen LogP contribution in [0.3, 0.4) is 0 Å². The molecule has 1 nitrogen and oxygen atoms in total. The molecule has 0 N–H and O–H groups in total. The summed E-state index contributed by atoms with van der Waals surface area (Å²) in [5.41, 5.74) is 10.6. The Labute approximate surface area is 133 Å². The summed E-state index contributed by atoms with van der Waals surface area (Å²) in [5, 5.41) is 0. The lowest BCUT2D eigenvalue weighted by Gasteiger charge is -2.16. The van der Waals surface area contributed by atoms with Gasteiger partial charge in [-0.25, -0.2) is 0 Å². The Hall–Kier alpha value is -2.28. The number of hydrogen-bond acceptors (Lipinski definition) is 0. The van der Waals surface area contributed by atoms with Crippen molar-refractivity contribution < 1.29 is 0 Å². The summed E-state index contributed by atoms with van der Waals surface area (Å²) in [6.45, 7) is 11.0. The average Bonchev–Trinajstić information content (AvgIpc) is 2.76. The van der Waals surface area contributed by atoms with Gasteiger partial charge in [-0.2, -0.15) is 0 Å². The summed E-state index contributed by atoms with van der Waals surface area (Å²) in [5.74, 6) is 0. The second kappa shape index (κ2) is 5.49. The van der Waals surface area contributed by atoms with Crippen LogP contribution in [0.1, 0.15) is 27.8 Å². The maximum Gasteiger partial charge on any atom is 0.0565 e. The predicted molar refractivity (Wildman–Crippen MR) is 94.9 cm³/mol. The van der Waals surface area contributed by atoms with E-state index in [2.05, 4.69) is 87.8 Å². The molecule has 0 saturated carbocycles. The Morgan fingerprint density at radius 2 is 1.32 bits per heavy atom. The predicted octanol–water partition coefficient (Wildman–Crippen LogP) is 5.69. The first-order valence-corrected chi connectivity index (χ1v) is 7.81. The Bertz CT molecular complexity index is 800. The van der Waals surface area contributed by atoms with Gasteiger partial charge in [0.2, 0.25) is 0 Å². The topological polar surface area (TPSA) is 4.93 Å². The van der Waals surface area contributed by atoms with Gasteiger partial charge in [0.15, 0.2) is 0 Å². The minimum absolute atomic E-state index is 1.22. The Morgan fingerprint density at radius 1 is 0.727 bits per heavy atom. The molecule has 3 rings (SSSR count).